The van der Waals surface area contributed by atoms with Gasteiger partial charge in [-0.2, -0.15) is 11.1 Å². The lowest BCUT2D eigenvalue weighted by Gasteiger charge is -2.05. The van der Waals surface area contributed by atoms with Crippen molar-refractivity contribution in [2.45, 2.75) is 19.6 Å². The van der Waals surface area contributed by atoms with Crippen molar-refractivity contribution >= 4 is 27.1 Å². The average Bonchev–Trinajstić information content (AvgIpc) is 1.88. The molecule has 0 fully saturated rings. The average molecular weight is 233 g/mol. The molecule has 0 aromatic heterocycles. The van der Waals surface area contributed by atoms with Gasteiger partial charge in [-0.3, -0.25) is 0 Å². The molecule has 0 atom stereocenters. The Morgan fingerprint density at radius 3 is 1.08 bits per heavy atom. The molecule has 0 amide bonds. The summed E-state index contributed by atoms with van der Waals surface area (Å²) >= 11 is 5.67. The van der Waals surface area contributed by atoms with Gasteiger partial charge in [0, 0.05) is 21.3 Å². The molecule has 0 aromatic rings. The SMILES string of the molecule is COP(OC)OC.C[Si](C)(C)Cl. The van der Waals surface area contributed by atoms with E-state index in [1.54, 1.807) is 21.3 Å². The Labute approximate surface area is 82.1 Å². The molecule has 0 unspecified atom stereocenters. The molecule has 0 aliphatic rings. The molecule has 3 nitrogen and oxygen atoms in total. The molecule has 0 rings (SSSR count). The van der Waals surface area contributed by atoms with Gasteiger partial charge < -0.3 is 13.6 Å². The molecule has 6 heteroatoms. The van der Waals surface area contributed by atoms with Gasteiger partial charge in [0.2, 0.25) is 0 Å². The van der Waals surface area contributed by atoms with E-state index in [0.717, 1.165) is 0 Å². The Morgan fingerprint density at radius 2 is 1.08 bits per heavy atom. The molecule has 12 heavy (non-hydrogen) atoms. The van der Waals surface area contributed by atoms with E-state index in [1.165, 1.54) is 0 Å². The second-order valence-electron chi connectivity index (χ2n) is 2.84. The molecule has 0 aliphatic heterocycles. The van der Waals surface area contributed by atoms with Crippen molar-refractivity contribution < 1.29 is 13.6 Å². The van der Waals surface area contributed by atoms with E-state index in [2.05, 4.69) is 33.2 Å². The third-order valence-corrected chi connectivity index (χ3v) is 1.34. The first kappa shape index (κ1) is 15.3. The smallest absolute Gasteiger partial charge is 0.316 e. The molecule has 0 bridgehead atoms. The molecule has 0 aromatic carbocycles. The highest BCUT2D eigenvalue weighted by Gasteiger charge is 2.04. The van der Waals surface area contributed by atoms with Crippen molar-refractivity contribution in [3.05, 3.63) is 0 Å². The predicted molar refractivity (Wildman–Crippen MR) is 57.1 cm³/mol. The van der Waals surface area contributed by atoms with Gasteiger partial charge in [0.1, 0.15) is 7.38 Å². The van der Waals surface area contributed by atoms with Gasteiger partial charge in [-0.05, 0) is 0 Å². The predicted octanol–water partition coefficient (Wildman–Crippen LogP) is 3.21. The van der Waals surface area contributed by atoms with Crippen LogP contribution in [0.1, 0.15) is 0 Å². The minimum Gasteiger partial charge on any atom is -0.316 e. The molecule has 0 N–H and O–H groups in total. The fourth-order valence-electron chi connectivity index (χ4n) is 0.224. The lowest BCUT2D eigenvalue weighted by atomic mass is 11.8. The van der Waals surface area contributed by atoms with Gasteiger partial charge >= 0.3 is 8.60 Å². The molecular weight excluding hydrogens is 215 g/mol. The Morgan fingerprint density at radius 1 is 0.917 bits per heavy atom. The van der Waals surface area contributed by atoms with E-state index >= 15 is 0 Å². The van der Waals surface area contributed by atoms with E-state index in [-0.39, 0.29) is 0 Å². The summed E-state index contributed by atoms with van der Waals surface area (Å²) in [7, 11) is 2.43. The van der Waals surface area contributed by atoms with Crippen LogP contribution in [-0.2, 0) is 13.6 Å². The molecule has 0 saturated heterocycles. The number of halogens is 1. The zero-order valence-electron chi connectivity index (χ0n) is 8.55. The highest BCUT2D eigenvalue weighted by atomic mass is 35.6. The molecule has 0 spiro atoms. The van der Waals surface area contributed by atoms with Crippen LogP contribution in [-0.4, -0.2) is 28.7 Å². The van der Waals surface area contributed by atoms with E-state index in [1.807, 2.05) is 0 Å². The minimum absolute atomic E-state index is 1.05. The van der Waals surface area contributed by atoms with E-state index in [0.29, 0.717) is 0 Å². The summed E-state index contributed by atoms with van der Waals surface area (Å²) in [5.41, 5.74) is 0. The molecule has 0 saturated carbocycles. The minimum atomic E-state index is -1.14. The molecular formula is C6H18ClO3PSi. The van der Waals surface area contributed by atoms with E-state index in [9.17, 15) is 0 Å². The van der Waals surface area contributed by atoms with Crippen LogP contribution >= 0.6 is 19.7 Å². The molecule has 0 aliphatic carbocycles. The summed E-state index contributed by atoms with van der Waals surface area (Å²) in [6, 6.07) is 0. The normalized spacial score (nSPS) is 11.0. The maximum atomic E-state index is 5.67. The van der Waals surface area contributed by atoms with Gasteiger partial charge in [0.05, 0.1) is 0 Å². The van der Waals surface area contributed by atoms with Crippen molar-refractivity contribution in [2.24, 2.45) is 0 Å². The largest absolute Gasteiger partial charge is 0.331 e. The second-order valence-corrected chi connectivity index (χ2v) is 11.9. The summed E-state index contributed by atoms with van der Waals surface area (Å²) < 4.78 is 14.0. The zero-order chi connectivity index (χ0) is 10.2. The third kappa shape index (κ3) is 22.4. The highest BCUT2D eigenvalue weighted by molar-refractivity contribution is 7.41. The van der Waals surface area contributed by atoms with Gasteiger partial charge in [-0.1, -0.05) is 19.6 Å². The van der Waals surface area contributed by atoms with Crippen LogP contribution in [0.5, 0.6) is 0 Å². The zero-order valence-corrected chi connectivity index (χ0v) is 11.2. The highest BCUT2D eigenvalue weighted by Crippen LogP contribution is 2.35. The van der Waals surface area contributed by atoms with Crippen molar-refractivity contribution in [3.8, 4) is 0 Å². The first-order valence-electron chi connectivity index (χ1n) is 3.46. The fraction of sp³-hybridized carbons (Fsp3) is 1.00. The van der Waals surface area contributed by atoms with Gasteiger partial charge in [-0.25, -0.2) is 0 Å². The van der Waals surface area contributed by atoms with Crippen LogP contribution in [0.3, 0.4) is 0 Å². The number of hydrogen-bond acceptors (Lipinski definition) is 3. The molecule has 76 valence electrons. The van der Waals surface area contributed by atoms with E-state index in [4.69, 9.17) is 11.1 Å². The standard InChI is InChI=1S/C3H9ClSi.C3H9O3P/c1-5(2,3)4;1-4-7(5-2)6-3/h1-3H3;1-3H3. The summed E-state index contributed by atoms with van der Waals surface area (Å²) in [6.07, 6.45) is 0. The first-order chi connectivity index (χ1) is 5.35. The fourth-order valence-corrected chi connectivity index (χ4v) is 0.671. The van der Waals surface area contributed by atoms with Gasteiger partial charge in [-0.15, -0.1) is 0 Å². The van der Waals surface area contributed by atoms with Crippen molar-refractivity contribution in [1.29, 1.82) is 0 Å². The third-order valence-electron chi connectivity index (χ3n) is 0.447. The second kappa shape index (κ2) is 8.42. The van der Waals surface area contributed by atoms with Crippen molar-refractivity contribution in [1.82, 2.24) is 0 Å². The molecule has 0 radical (unpaired) electrons. The maximum absolute atomic E-state index is 5.67. The van der Waals surface area contributed by atoms with Crippen molar-refractivity contribution in [2.75, 3.05) is 21.3 Å². The first-order valence-corrected chi connectivity index (χ1v) is 9.07. The summed E-state index contributed by atoms with van der Waals surface area (Å²) in [4.78, 5) is 0. The van der Waals surface area contributed by atoms with Gasteiger partial charge in [0.25, 0.3) is 0 Å². The monoisotopic (exact) mass is 232 g/mol. The van der Waals surface area contributed by atoms with Crippen LogP contribution in [0.4, 0.5) is 0 Å². The van der Waals surface area contributed by atoms with E-state index < -0.39 is 16.0 Å². The summed E-state index contributed by atoms with van der Waals surface area (Å²) in [6.45, 7) is 6.28. The number of hydrogen-bond donors (Lipinski definition) is 0. The van der Waals surface area contributed by atoms with Crippen molar-refractivity contribution in [3.63, 3.8) is 0 Å². The van der Waals surface area contributed by atoms with Crippen LogP contribution in [0.15, 0.2) is 0 Å². The lowest BCUT2D eigenvalue weighted by Crippen LogP contribution is -2.06. The summed E-state index contributed by atoms with van der Waals surface area (Å²) in [5.74, 6) is 0. The Bertz CT molecular complexity index is 83.8. The number of rotatable bonds is 3. The maximum Gasteiger partial charge on any atom is 0.331 e. The Balaban J connectivity index is 0. The van der Waals surface area contributed by atoms with Crippen LogP contribution in [0.2, 0.25) is 19.6 Å². The van der Waals surface area contributed by atoms with Crippen LogP contribution in [0, 0.1) is 0 Å². The van der Waals surface area contributed by atoms with Gasteiger partial charge in [0.15, 0.2) is 0 Å². The van der Waals surface area contributed by atoms with Crippen LogP contribution < -0.4 is 0 Å². The van der Waals surface area contributed by atoms with Crippen LogP contribution in [0.25, 0.3) is 0 Å². The Kier molecular flexibility index (Phi) is 10.7. The Hall–Kier alpha value is 0.817. The quantitative estimate of drug-likeness (QED) is 0.425. The summed E-state index contributed by atoms with van der Waals surface area (Å²) in [5, 5.41) is 0. The lowest BCUT2D eigenvalue weighted by molar-refractivity contribution is 0.239. The molecule has 0 heterocycles. The topological polar surface area (TPSA) is 27.7 Å².